The van der Waals surface area contributed by atoms with Crippen molar-refractivity contribution in [2.75, 3.05) is 13.1 Å². The van der Waals surface area contributed by atoms with Gasteiger partial charge in [0.25, 0.3) is 0 Å². The fraction of sp³-hybridized carbons (Fsp3) is 0.429. The van der Waals surface area contributed by atoms with E-state index in [1.807, 2.05) is 6.07 Å². The number of aromatic nitrogens is 2. The number of hydrogen-bond acceptors (Lipinski definition) is 5. The highest BCUT2D eigenvalue weighted by Crippen LogP contribution is 2.28. The molecule has 0 unspecified atom stereocenters. The first kappa shape index (κ1) is 12.3. The van der Waals surface area contributed by atoms with Gasteiger partial charge in [0.2, 0.25) is 11.7 Å². The second-order valence-corrected chi connectivity index (χ2v) is 4.87. The van der Waals surface area contributed by atoms with Crippen LogP contribution in [0.15, 0.2) is 28.8 Å². The summed E-state index contributed by atoms with van der Waals surface area (Å²) in [5, 5.41) is 7.35. The van der Waals surface area contributed by atoms with Gasteiger partial charge in [-0.25, -0.2) is 0 Å². The standard InChI is InChI=1S/C14H18N4O/c15-9-13-17-14(18-19-13)12-3-1-2-11(8-12)10-4-6-16-7-5-10/h1-3,8,10,16H,4-7,9,15H2. The van der Waals surface area contributed by atoms with E-state index >= 15 is 0 Å². The number of nitrogens with one attached hydrogen (secondary N) is 1. The summed E-state index contributed by atoms with van der Waals surface area (Å²) in [5.41, 5.74) is 7.84. The molecule has 100 valence electrons. The van der Waals surface area contributed by atoms with Gasteiger partial charge in [0.1, 0.15) is 0 Å². The number of nitrogens with zero attached hydrogens (tertiary/aromatic N) is 2. The first-order valence-electron chi connectivity index (χ1n) is 6.70. The van der Waals surface area contributed by atoms with Crippen LogP contribution in [0.2, 0.25) is 0 Å². The van der Waals surface area contributed by atoms with Crippen LogP contribution in [0.25, 0.3) is 11.4 Å². The molecule has 3 N–H and O–H groups in total. The quantitative estimate of drug-likeness (QED) is 0.875. The van der Waals surface area contributed by atoms with Crippen molar-refractivity contribution in [2.24, 2.45) is 5.73 Å². The Morgan fingerprint density at radius 1 is 1.32 bits per heavy atom. The summed E-state index contributed by atoms with van der Waals surface area (Å²) in [5.74, 6) is 1.72. The van der Waals surface area contributed by atoms with Crippen molar-refractivity contribution in [3.05, 3.63) is 35.7 Å². The van der Waals surface area contributed by atoms with E-state index in [1.54, 1.807) is 0 Å². The molecule has 1 fully saturated rings. The lowest BCUT2D eigenvalue weighted by molar-refractivity contribution is 0.380. The van der Waals surface area contributed by atoms with Gasteiger partial charge in [-0.1, -0.05) is 23.4 Å². The zero-order valence-electron chi connectivity index (χ0n) is 10.8. The summed E-state index contributed by atoms with van der Waals surface area (Å²) in [6.45, 7) is 2.46. The maximum absolute atomic E-state index is 5.48. The van der Waals surface area contributed by atoms with E-state index in [-0.39, 0.29) is 6.54 Å². The largest absolute Gasteiger partial charge is 0.338 e. The van der Waals surface area contributed by atoms with Crippen molar-refractivity contribution in [1.29, 1.82) is 0 Å². The minimum absolute atomic E-state index is 0.279. The minimum atomic E-state index is 0.279. The van der Waals surface area contributed by atoms with E-state index < -0.39 is 0 Å². The second kappa shape index (κ2) is 5.50. The topological polar surface area (TPSA) is 77.0 Å². The van der Waals surface area contributed by atoms with E-state index in [0.29, 0.717) is 17.6 Å². The zero-order valence-corrected chi connectivity index (χ0v) is 10.8. The Labute approximate surface area is 112 Å². The Morgan fingerprint density at radius 2 is 2.16 bits per heavy atom. The zero-order chi connectivity index (χ0) is 13.1. The molecule has 0 amide bonds. The van der Waals surface area contributed by atoms with E-state index in [4.69, 9.17) is 10.3 Å². The van der Waals surface area contributed by atoms with Crippen LogP contribution in [0.1, 0.15) is 30.2 Å². The number of hydrogen-bond donors (Lipinski definition) is 2. The molecule has 0 bridgehead atoms. The lowest BCUT2D eigenvalue weighted by Gasteiger charge is -2.23. The van der Waals surface area contributed by atoms with Crippen LogP contribution in [0, 0.1) is 0 Å². The third-order valence-electron chi connectivity index (χ3n) is 3.60. The van der Waals surface area contributed by atoms with Crippen LogP contribution in [-0.2, 0) is 6.54 Å². The van der Waals surface area contributed by atoms with Crippen molar-refractivity contribution >= 4 is 0 Å². The fourth-order valence-electron chi connectivity index (χ4n) is 2.54. The van der Waals surface area contributed by atoms with Crippen molar-refractivity contribution in [1.82, 2.24) is 15.5 Å². The highest BCUT2D eigenvalue weighted by molar-refractivity contribution is 5.55. The second-order valence-electron chi connectivity index (χ2n) is 4.87. The molecule has 19 heavy (non-hydrogen) atoms. The van der Waals surface area contributed by atoms with Crippen molar-refractivity contribution < 1.29 is 4.52 Å². The Kier molecular flexibility index (Phi) is 3.57. The lowest BCUT2D eigenvalue weighted by Crippen LogP contribution is -2.26. The highest BCUT2D eigenvalue weighted by Gasteiger charge is 2.16. The molecular weight excluding hydrogens is 240 g/mol. The third-order valence-corrected chi connectivity index (χ3v) is 3.60. The van der Waals surface area contributed by atoms with E-state index in [0.717, 1.165) is 18.7 Å². The molecule has 2 aromatic rings. The molecule has 3 rings (SSSR count). The first-order valence-corrected chi connectivity index (χ1v) is 6.70. The van der Waals surface area contributed by atoms with Crippen molar-refractivity contribution in [2.45, 2.75) is 25.3 Å². The lowest BCUT2D eigenvalue weighted by atomic mass is 9.89. The summed E-state index contributed by atoms with van der Waals surface area (Å²) >= 11 is 0. The molecule has 1 aromatic heterocycles. The van der Waals surface area contributed by atoms with E-state index in [2.05, 4.69) is 33.7 Å². The van der Waals surface area contributed by atoms with Crippen LogP contribution in [-0.4, -0.2) is 23.2 Å². The number of benzene rings is 1. The van der Waals surface area contributed by atoms with Gasteiger partial charge in [-0.05, 0) is 43.5 Å². The molecule has 0 atom stereocenters. The molecule has 1 aliphatic rings. The molecule has 2 heterocycles. The monoisotopic (exact) mass is 258 g/mol. The van der Waals surface area contributed by atoms with Crippen LogP contribution < -0.4 is 11.1 Å². The SMILES string of the molecule is NCc1nc(-c2cccc(C3CCNCC3)c2)no1. The van der Waals surface area contributed by atoms with E-state index in [1.165, 1.54) is 18.4 Å². The van der Waals surface area contributed by atoms with Gasteiger partial charge >= 0.3 is 0 Å². The highest BCUT2D eigenvalue weighted by atomic mass is 16.5. The Bertz CT molecular complexity index is 546. The van der Waals surface area contributed by atoms with Gasteiger partial charge in [-0.2, -0.15) is 4.98 Å². The first-order chi connectivity index (χ1) is 9.36. The normalized spacial score (nSPS) is 16.7. The maximum atomic E-state index is 5.48. The number of nitrogens with two attached hydrogens (primary N) is 1. The van der Waals surface area contributed by atoms with Crippen LogP contribution in [0.3, 0.4) is 0 Å². The molecule has 0 saturated carbocycles. The molecule has 1 saturated heterocycles. The molecule has 1 aliphatic heterocycles. The molecule has 1 aromatic carbocycles. The van der Waals surface area contributed by atoms with Gasteiger partial charge in [-0.15, -0.1) is 0 Å². The summed E-state index contributed by atoms with van der Waals surface area (Å²) in [7, 11) is 0. The fourth-order valence-corrected chi connectivity index (χ4v) is 2.54. The molecule has 5 heteroatoms. The average molecular weight is 258 g/mol. The predicted octanol–water partition coefficient (Wildman–Crippen LogP) is 1.66. The molecular formula is C14H18N4O. The van der Waals surface area contributed by atoms with Gasteiger partial charge in [0.15, 0.2) is 0 Å². The van der Waals surface area contributed by atoms with Gasteiger partial charge in [0.05, 0.1) is 6.54 Å². The number of rotatable bonds is 3. The Hall–Kier alpha value is -1.72. The minimum Gasteiger partial charge on any atom is -0.338 e. The number of piperidine rings is 1. The summed E-state index contributed by atoms with van der Waals surface area (Å²) in [4.78, 5) is 4.27. The average Bonchev–Trinajstić information content (AvgIpc) is 2.97. The van der Waals surface area contributed by atoms with Crippen LogP contribution >= 0.6 is 0 Å². The summed E-state index contributed by atoms with van der Waals surface area (Å²) in [6, 6.07) is 8.42. The van der Waals surface area contributed by atoms with Gasteiger partial charge in [-0.3, -0.25) is 0 Å². The Balaban J connectivity index is 1.86. The molecule has 5 nitrogen and oxygen atoms in total. The van der Waals surface area contributed by atoms with Gasteiger partial charge < -0.3 is 15.6 Å². The van der Waals surface area contributed by atoms with Crippen LogP contribution in [0.5, 0.6) is 0 Å². The summed E-state index contributed by atoms with van der Waals surface area (Å²) < 4.78 is 5.06. The molecule has 0 aliphatic carbocycles. The molecule has 0 spiro atoms. The van der Waals surface area contributed by atoms with Crippen LogP contribution in [0.4, 0.5) is 0 Å². The third kappa shape index (κ3) is 2.67. The summed E-state index contributed by atoms with van der Waals surface area (Å²) in [6.07, 6.45) is 2.37. The molecule has 0 radical (unpaired) electrons. The van der Waals surface area contributed by atoms with Crippen molar-refractivity contribution in [3.63, 3.8) is 0 Å². The van der Waals surface area contributed by atoms with Gasteiger partial charge in [0, 0.05) is 5.56 Å². The smallest absolute Gasteiger partial charge is 0.240 e. The predicted molar refractivity (Wildman–Crippen MR) is 72.5 cm³/mol. The maximum Gasteiger partial charge on any atom is 0.240 e. The Morgan fingerprint density at radius 3 is 2.89 bits per heavy atom. The van der Waals surface area contributed by atoms with Crippen molar-refractivity contribution in [3.8, 4) is 11.4 Å². The van der Waals surface area contributed by atoms with E-state index in [9.17, 15) is 0 Å².